The molecule has 3 heterocycles. The fourth-order valence-corrected chi connectivity index (χ4v) is 2.95. The lowest BCUT2D eigenvalue weighted by Crippen LogP contribution is -2.58. The molecule has 2 aliphatic heterocycles. The quantitative estimate of drug-likeness (QED) is 0.740. The van der Waals surface area contributed by atoms with Crippen molar-refractivity contribution >= 4 is 21.7 Å². The van der Waals surface area contributed by atoms with Crippen LogP contribution in [0.25, 0.3) is 0 Å². The SMILES string of the molecule is Brc1cccc(N2CC3(CCOCC3)C2)n1. The number of halogens is 1. The van der Waals surface area contributed by atoms with Crippen LogP contribution >= 0.6 is 15.9 Å². The van der Waals surface area contributed by atoms with E-state index in [1.807, 2.05) is 12.1 Å². The van der Waals surface area contributed by atoms with E-state index in [-0.39, 0.29) is 0 Å². The van der Waals surface area contributed by atoms with Crippen molar-refractivity contribution in [3.63, 3.8) is 0 Å². The Bertz CT molecular complexity index is 382. The number of nitrogens with zero attached hydrogens (tertiary/aromatic N) is 2. The molecule has 0 aliphatic carbocycles. The maximum absolute atomic E-state index is 5.42. The molecule has 1 spiro atoms. The molecule has 2 fully saturated rings. The van der Waals surface area contributed by atoms with Gasteiger partial charge in [-0.1, -0.05) is 6.07 Å². The number of pyridine rings is 1. The predicted molar refractivity (Wildman–Crippen MR) is 66.6 cm³/mol. The first-order valence-corrected chi connectivity index (χ1v) is 6.52. The Morgan fingerprint density at radius 1 is 1.25 bits per heavy atom. The average Bonchev–Trinajstić information content (AvgIpc) is 2.27. The zero-order chi connectivity index (χ0) is 11.0. The highest BCUT2D eigenvalue weighted by atomic mass is 79.9. The number of rotatable bonds is 1. The van der Waals surface area contributed by atoms with Crippen LogP contribution in [-0.4, -0.2) is 31.3 Å². The standard InChI is InChI=1S/C12H15BrN2O/c13-10-2-1-3-11(14-10)15-8-12(9-15)4-6-16-7-5-12/h1-3H,4-9H2. The summed E-state index contributed by atoms with van der Waals surface area (Å²) in [5.74, 6) is 1.09. The van der Waals surface area contributed by atoms with Crippen molar-refractivity contribution in [2.75, 3.05) is 31.2 Å². The molecule has 3 rings (SSSR count). The van der Waals surface area contributed by atoms with Crippen LogP contribution in [0, 0.1) is 5.41 Å². The number of hydrogen-bond acceptors (Lipinski definition) is 3. The molecule has 0 N–H and O–H groups in total. The van der Waals surface area contributed by atoms with Crippen LogP contribution in [0.2, 0.25) is 0 Å². The molecule has 0 radical (unpaired) electrons. The third kappa shape index (κ3) is 1.84. The maximum Gasteiger partial charge on any atom is 0.129 e. The molecule has 0 amide bonds. The summed E-state index contributed by atoms with van der Waals surface area (Å²) >= 11 is 3.41. The minimum atomic E-state index is 0.516. The van der Waals surface area contributed by atoms with Gasteiger partial charge < -0.3 is 9.64 Å². The number of aromatic nitrogens is 1. The van der Waals surface area contributed by atoms with Gasteiger partial charge in [0, 0.05) is 31.7 Å². The lowest BCUT2D eigenvalue weighted by Gasteiger charge is -2.52. The summed E-state index contributed by atoms with van der Waals surface area (Å²) in [7, 11) is 0. The van der Waals surface area contributed by atoms with Crippen LogP contribution in [-0.2, 0) is 4.74 Å². The molecule has 2 aliphatic rings. The number of anilines is 1. The lowest BCUT2D eigenvalue weighted by atomic mass is 9.73. The van der Waals surface area contributed by atoms with Gasteiger partial charge in [-0.3, -0.25) is 0 Å². The van der Waals surface area contributed by atoms with E-state index >= 15 is 0 Å². The van der Waals surface area contributed by atoms with Gasteiger partial charge in [-0.05, 0) is 40.9 Å². The van der Waals surface area contributed by atoms with E-state index in [9.17, 15) is 0 Å². The zero-order valence-corrected chi connectivity index (χ0v) is 10.7. The van der Waals surface area contributed by atoms with Gasteiger partial charge in [-0.25, -0.2) is 4.98 Å². The molecule has 0 atom stereocenters. The number of hydrogen-bond donors (Lipinski definition) is 0. The molecule has 3 nitrogen and oxygen atoms in total. The smallest absolute Gasteiger partial charge is 0.129 e. The first kappa shape index (κ1) is 10.5. The summed E-state index contributed by atoms with van der Waals surface area (Å²) in [5, 5.41) is 0. The topological polar surface area (TPSA) is 25.4 Å². The molecule has 0 unspecified atom stereocenters. The minimum absolute atomic E-state index is 0.516. The van der Waals surface area contributed by atoms with Gasteiger partial charge in [0.1, 0.15) is 10.4 Å². The Hall–Kier alpha value is -0.610. The van der Waals surface area contributed by atoms with E-state index in [4.69, 9.17) is 4.74 Å². The van der Waals surface area contributed by atoms with Gasteiger partial charge in [0.25, 0.3) is 0 Å². The Morgan fingerprint density at radius 2 is 2.00 bits per heavy atom. The van der Waals surface area contributed by atoms with Crippen LogP contribution in [0.1, 0.15) is 12.8 Å². The highest BCUT2D eigenvalue weighted by molar-refractivity contribution is 9.10. The number of ether oxygens (including phenoxy) is 1. The highest BCUT2D eigenvalue weighted by Crippen LogP contribution is 2.41. The molecular formula is C12H15BrN2O. The van der Waals surface area contributed by atoms with Crippen LogP contribution in [0.4, 0.5) is 5.82 Å². The Labute approximate surface area is 104 Å². The third-order valence-corrected chi connectivity index (χ3v) is 4.07. The Balaban J connectivity index is 1.68. The summed E-state index contributed by atoms with van der Waals surface area (Å²) in [4.78, 5) is 6.84. The van der Waals surface area contributed by atoms with Crippen molar-refractivity contribution in [3.05, 3.63) is 22.8 Å². The van der Waals surface area contributed by atoms with Crippen molar-refractivity contribution in [2.24, 2.45) is 5.41 Å². The van der Waals surface area contributed by atoms with E-state index < -0.39 is 0 Å². The van der Waals surface area contributed by atoms with Gasteiger partial charge >= 0.3 is 0 Å². The Kier molecular flexibility index (Phi) is 2.64. The largest absolute Gasteiger partial charge is 0.381 e. The van der Waals surface area contributed by atoms with E-state index in [1.54, 1.807) is 0 Å². The van der Waals surface area contributed by atoms with Gasteiger partial charge in [0.15, 0.2) is 0 Å². The molecule has 0 bridgehead atoms. The first-order chi connectivity index (χ1) is 7.77. The second kappa shape index (κ2) is 4.00. The van der Waals surface area contributed by atoms with E-state index in [2.05, 4.69) is 31.9 Å². The van der Waals surface area contributed by atoms with Crippen LogP contribution < -0.4 is 4.90 Å². The third-order valence-electron chi connectivity index (χ3n) is 3.63. The van der Waals surface area contributed by atoms with Gasteiger partial charge in [0.05, 0.1) is 0 Å². The molecule has 1 aromatic heterocycles. The van der Waals surface area contributed by atoms with Gasteiger partial charge in [-0.2, -0.15) is 0 Å². The van der Waals surface area contributed by atoms with E-state index in [0.717, 1.165) is 36.7 Å². The Morgan fingerprint density at radius 3 is 2.69 bits per heavy atom. The van der Waals surface area contributed by atoms with Crippen LogP contribution in [0.15, 0.2) is 22.8 Å². The van der Waals surface area contributed by atoms with Gasteiger partial charge in [0.2, 0.25) is 0 Å². The average molecular weight is 283 g/mol. The summed E-state index contributed by atoms with van der Waals surface area (Å²) in [6.45, 7) is 4.14. The second-order valence-electron chi connectivity index (χ2n) is 4.79. The summed E-state index contributed by atoms with van der Waals surface area (Å²) in [6, 6.07) is 6.09. The second-order valence-corrected chi connectivity index (χ2v) is 5.60. The zero-order valence-electron chi connectivity index (χ0n) is 9.16. The van der Waals surface area contributed by atoms with Crippen molar-refractivity contribution in [1.29, 1.82) is 0 Å². The fourth-order valence-electron chi connectivity index (χ4n) is 2.62. The van der Waals surface area contributed by atoms with Crippen molar-refractivity contribution < 1.29 is 4.74 Å². The van der Waals surface area contributed by atoms with Crippen molar-refractivity contribution in [2.45, 2.75) is 12.8 Å². The molecular weight excluding hydrogens is 268 g/mol. The first-order valence-electron chi connectivity index (χ1n) is 5.73. The van der Waals surface area contributed by atoms with Gasteiger partial charge in [-0.15, -0.1) is 0 Å². The molecule has 86 valence electrons. The molecule has 0 aromatic carbocycles. The molecule has 0 saturated carbocycles. The maximum atomic E-state index is 5.42. The fraction of sp³-hybridized carbons (Fsp3) is 0.583. The van der Waals surface area contributed by atoms with Crippen LogP contribution in [0.3, 0.4) is 0 Å². The molecule has 4 heteroatoms. The van der Waals surface area contributed by atoms with E-state index in [1.165, 1.54) is 12.8 Å². The normalized spacial score (nSPS) is 23.2. The van der Waals surface area contributed by atoms with Crippen molar-refractivity contribution in [3.8, 4) is 0 Å². The lowest BCUT2D eigenvalue weighted by molar-refractivity contribution is -0.000460. The summed E-state index contributed by atoms with van der Waals surface area (Å²) in [5.41, 5.74) is 0.516. The van der Waals surface area contributed by atoms with E-state index in [0.29, 0.717) is 5.41 Å². The van der Waals surface area contributed by atoms with Crippen molar-refractivity contribution in [1.82, 2.24) is 4.98 Å². The summed E-state index contributed by atoms with van der Waals surface area (Å²) in [6.07, 6.45) is 2.41. The molecule has 2 saturated heterocycles. The summed E-state index contributed by atoms with van der Waals surface area (Å²) < 4.78 is 6.33. The highest BCUT2D eigenvalue weighted by Gasteiger charge is 2.44. The monoisotopic (exact) mass is 282 g/mol. The predicted octanol–water partition coefficient (Wildman–Crippen LogP) is 2.46. The molecule has 16 heavy (non-hydrogen) atoms. The molecule has 1 aromatic rings. The minimum Gasteiger partial charge on any atom is -0.381 e. The van der Waals surface area contributed by atoms with Crippen LogP contribution in [0.5, 0.6) is 0 Å².